The molecule has 1 amide bonds. The molecular formula is C18H25NO4. The van der Waals surface area contributed by atoms with Crippen molar-refractivity contribution in [2.45, 2.75) is 45.3 Å². The van der Waals surface area contributed by atoms with Crippen LogP contribution in [0.3, 0.4) is 0 Å². The van der Waals surface area contributed by atoms with Crippen molar-refractivity contribution >= 4 is 12.1 Å². The van der Waals surface area contributed by atoms with Crippen LogP contribution in [0, 0.1) is 0 Å². The van der Waals surface area contributed by atoms with Crippen molar-refractivity contribution in [3.8, 4) is 0 Å². The van der Waals surface area contributed by atoms with Crippen molar-refractivity contribution in [1.82, 2.24) is 5.32 Å². The molecule has 126 valence electrons. The molecule has 5 heteroatoms. The smallest absolute Gasteiger partial charge is 0.407 e. The lowest BCUT2D eigenvalue weighted by Gasteiger charge is -2.23. The third-order valence-corrected chi connectivity index (χ3v) is 2.82. The Morgan fingerprint density at radius 3 is 2.48 bits per heavy atom. The molecule has 0 unspecified atom stereocenters. The topological polar surface area (TPSA) is 64.6 Å². The summed E-state index contributed by atoms with van der Waals surface area (Å²) in [5, 5.41) is 2.74. The Bertz CT molecular complexity index is 520. The van der Waals surface area contributed by atoms with Crippen molar-refractivity contribution < 1.29 is 19.1 Å². The van der Waals surface area contributed by atoms with Gasteiger partial charge in [0.2, 0.25) is 0 Å². The summed E-state index contributed by atoms with van der Waals surface area (Å²) in [6.45, 7) is 9.02. The molecule has 1 aromatic rings. The second kappa shape index (κ2) is 8.98. The summed E-state index contributed by atoms with van der Waals surface area (Å²) in [7, 11) is 0. The molecule has 0 bridgehead atoms. The van der Waals surface area contributed by atoms with E-state index in [0.717, 1.165) is 5.56 Å². The normalized spacial score (nSPS) is 12.1. The lowest BCUT2D eigenvalue weighted by Crippen LogP contribution is -2.41. The molecule has 0 aliphatic rings. The first kappa shape index (κ1) is 18.7. The SMILES string of the molecule is C=CCOC(=O)C[C@H](Cc1ccccc1)NC(=O)OC(C)(C)C. The second-order valence-electron chi connectivity index (χ2n) is 6.21. The largest absolute Gasteiger partial charge is 0.461 e. The van der Waals surface area contributed by atoms with E-state index in [4.69, 9.17) is 9.47 Å². The summed E-state index contributed by atoms with van der Waals surface area (Å²) in [6, 6.07) is 9.23. The molecule has 0 heterocycles. The van der Waals surface area contributed by atoms with Gasteiger partial charge in [0.1, 0.15) is 12.2 Å². The molecule has 0 aromatic heterocycles. The van der Waals surface area contributed by atoms with Gasteiger partial charge >= 0.3 is 12.1 Å². The van der Waals surface area contributed by atoms with Crippen LogP contribution in [0.2, 0.25) is 0 Å². The van der Waals surface area contributed by atoms with Gasteiger partial charge in [-0.25, -0.2) is 4.79 Å². The quantitative estimate of drug-likeness (QED) is 0.619. The van der Waals surface area contributed by atoms with Gasteiger partial charge in [-0.1, -0.05) is 43.0 Å². The van der Waals surface area contributed by atoms with Gasteiger partial charge in [0.05, 0.1) is 6.42 Å². The highest BCUT2D eigenvalue weighted by Gasteiger charge is 2.22. The predicted molar refractivity (Wildman–Crippen MR) is 89.1 cm³/mol. The van der Waals surface area contributed by atoms with Crippen LogP contribution in [0.4, 0.5) is 4.79 Å². The monoisotopic (exact) mass is 319 g/mol. The predicted octanol–water partition coefficient (Wildman–Crippen LogP) is 3.24. The fourth-order valence-corrected chi connectivity index (χ4v) is 1.96. The Kier molecular flexibility index (Phi) is 7.32. The molecule has 0 spiro atoms. The Morgan fingerprint density at radius 2 is 1.91 bits per heavy atom. The highest BCUT2D eigenvalue weighted by Crippen LogP contribution is 2.10. The van der Waals surface area contributed by atoms with E-state index in [2.05, 4.69) is 11.9 Å². The van der Waals surface area contributed by atoms with Gasteiger partial charge in [0.25, 0.3) is 0 Å². The number of nitrogens with one attached hydrogen (secondary N) is 1. The van der Waals surface area contributed by atoms with Gasteiger partial charge in [-0.3, -0.25) is 4.79 Å². The van der Waals surface area contributed by atoms with Crippen LogP contribution >= 0.6 is 0 Å². The maximum Gasteiger partial charge on any atom is 0.407 e. The highest BCUT2D eigenvalue weighted by molar-refractivity contribution is 5.73. The molecule has 1 N–H and O–H groups in total. The first-order valence-corrected chi connectivity index (χ1v) is 7.60. The van der Waals surface area contributed by atoms with Gasteiger partial charge in [-0.05, 0) is 32.8 Å². The van der Waals surface area contributed by atoms with Crippen molar-refractivity contribution in [3.05, 3.63) is 48.6 Å². The maximum atomic E-state index is 12.0. The van der Waals surface area contributed by atoms with Crippen molar-refractivity contribution in [2.24, 2.45) is 0 Å². The number of hydrogen-bond donors (Lipinski definition) is 1. The van der Waals surface area contributed by atoms with Gasteiger partial charge in [0.15, 0.2) is 0 Å². The molecule has 1 atom stereocenters. The number of esters is 1. The van der Waals surface area contributed by atoms with Gasteiger partial charge < -0.3 is 14.8 Å². The summed E-state index contributed by atoms with van der Waals surface area (Å²) in [4.78, 5) is 23.8. The number of amides is 1. The van der Waals surface area contributed by atoms with E-state index in [1.54, 1.807) is 20.8 Å². The summed E-state index contributed by atoms with van der Waals surface area (Å²) in [5.41, 5.74) is 0.426. The summed E-state index contributed by atoms with van der Waals surface area (Å²) >= 11 is 0. The zero-order chi connectivity index (χ0) is 17.3. The molecule has 0 saturated heterocycles. The number of carbonyl (C=O) groups excluding carboxylic acids is 2. The molecule has 23 heavy (non-hydrogen) atoms. The minimum absolute atomic E-state index is 0.0714. The number of rotatable bonds is 7. The first-order valence-electron chi connectivity index (χ1n) is 7.60. The van der Waals surface area contributed by atoms with Crippen LogP contribution in [-0.4, -0.2) is 30.3 Å². The van der Waals surface area contributed by atoms with Crippen molar-refractivity contribution in [1.29, 1.82) is 0 Å². The van der Waals surface area contributed by atoms with E-state index in [-0.39, 0.29) is 19.0 Å². The summed E-state index contributed by atoms with van der Waals surface area (Å²) in [6.07, 6.45) is 1.55. The first-order chi connectivity index (χ1) is 10.8. The Labute approximate surface area is 137 Å². The van der Waals surface area contributed by atoms with E-state index < -0.39 is 17.7 Å². The Morgan fingerprint density at radius 1 is 1.26 bits per heavy atom. The lowest BCUT2D eigenvalue weighted by molar-refractivity contribution is -0.142. The van der Waals surface area contributed by atoms with Crippen LogP contribution < -0.4 is 5.32 Å². The molecule has 0 aliphatic carbocycles. The molecule has 0 radical (unpaired) electrons. The van der Waals surface area contributed by atoms with E-state index in [1.807, 2.05) is 30.3 Å². The lowest BCUT2D eigenvalue weighted by atomic mass is 10.0. The molecule has 1 rings (SSSR count). The zero-order valence-electron chi connectivity index (χ0n) is 14.0. The number of carbonyl (C=O) groups is 2. The van der Waals surface area contributed by atoms with Crippen LogP contribution in [0.15, 0.2) is 43.0 Å². The Balaban J connectivity index is 2.69. The van der Waals surface area contributed by atoms with E-state index in [0.29, 0.717) is 6.42 Å². The number of ether oxygens (including phenoxy) is 2. The fourth-order valence-electron chi connectivity index (χ4n) is 1.96. The average Bonchev–Trinajstić information content (AvgIpc) is 2.44. The van der Waals surface area contributed by atoms with Crippen LogP contribution in [-0.2, 0) is 20.7 Å². The fraction of sp³-hybridized carbons (Fsp3) is 0.444. The van der Waals surface area contributed by atoms with E-state index in [1.165, 1.54) is 6.08 Å². The third kappa shape index (κ3) is 8.66. The summed E-state index contributed by atoms with van der Waals surface area (Å²) < 4.78 is 10.2. The molecule has 0 aliphatic heterocycles. The maximum absolute atomic E-state index is 12.0. The Hall–Kier alpha value is -2.30. The van der Waals surface area contributed by atoms with Gasteiger partial charge in [-0.15, -0.1) is 0 Å². The van der Waals surface area contributed by atoms with Gasteiger partial charge in [0, 0.05) is 6.04 Å². The minimum atomic E-state index is -0.593. The summed E-state index contributed by atoms with van der Waals surface area (Å²) in [5.74, 6) is -0.387. The number of hydrogen-bond acceptors (Lipinski definition) is 4. The van der Waals surface area contributed by atoms with Crippen LogP contribution in [0.5, 0.6) is 0 Å². The number of alkyl carbamates (subject to hydrolysis) is 1. The highest BCUT2D eigenvalue weighted by atomic mass is 16.6. The van der Waals surface area contributed by atoms with Crippen molar-refractivity contribution in [2.75, 3.05) is 6.61 Å². The standard InChI is InChI=1S/C18H25NO4/c1-5-11-22-16(20)13-15(12-14-9-7-6-8-10-14)19-17(21)23-18(2,3)4/h5-10,15H,1,11-13H2,2-4H3,(H,19,21)/t15-/m0/s1. The second-order valence-corrected chi connectivity index (χ2v) is 6.21. The van der Waals surface area contributed by atoms with Crippen molar-refractivity contribution in [3.63, 3.8) is 0 Å². The average molecular weight is 319 g/mol. The molecule has 1 aromatic carbocycles. The molecular weight excluding hydrogens is 294 g/mol. The van der Waals surface area contributed by atoms with Crippen LogP contribution in [0.25, 0.3) is 0 Å². The van der Waals surface area contributed by atoms with Gasteiger partial charge in [-0.2, -0.15) is 0 Å². The third-order valence-electron chi connectivity index (χ3n) is 2.82. The number of benzene rings is 1. The molecule has 0 fully saturated rings. The zero-order valence-corrected chi connectivity index (χ0v) is 14.0. The van der Waals surface area contributed by atoms with Crippen LogP contribution in [0.1, 0.15) is 32.8 Å². The minimum Gasteiger partial charge on any atom is -0.461 e. The van der Waals surface area contributed by atoms with E-state index in [9.17, 15) is 9.59 Å². The van der Waals surface area contributed by atoms with E-state index >= 15 is 0 Å². The molecule has 5 nitrogen and oxygen atoms in total. The molecule has 0 saturated carbocycles.